The monoisotopic (exact) mass is 163 g/mol. The molecule has 0 aliphatic heterocycles. The fourth-order valence-electron chi connectivity index (χ4n) is 2.02. The van der Waals surface area contributed by atoms with Crippen LogP contribution in [0.2, 0.25) is 0 Å². The molecule has 2 atom stereocenters. The van der Waals surface area contributed by atoms with Gasteiger partial charge in [0.1, 0.15) is 0 Å². The van der Waals surface area contributed by atoms with Gasteiger partial charge < -0.3 is 0 Å². The van der Waals surface area contributed by atoms with E-state index in [-0.39, 0.29) is 0 Å². The summed E-state index contributed by atoms with van der Waals surface area (Å²) in [6.45, 7) is 2.34. The molecular weight excluding hydrogens is 148 g/mol. The molecule has 1 heterocycles. The summed E-state index contributed by atoms with van der Waals surface area (Å²) in [4.78, 5) is 4.01. The maximum Gasteiger partial charge on any atom is 0.187 e. The number of hydrogen-bond acceptors (Lipinski definition) is 1. The first-order valence-corrected chi connectivity index (χ1v) is 4.67. The second-order valence-electron chi connectivity index (χ2n) is 3.76. The zero-order valence-corrected chi connectivity index (χ0v) is 7.48. The van der Waals surface area contributed by atoms with Crippen LogP contribution in [0.5, 0.6) is 0 Å². The van der Waals surface area contributed by atoms with Gasteiger partial charge in [0.2, 0.25) is 0 Å². The van der Waals surface area contributed by atoms with E-state index in [9.17, 15) is 0 Å². The third-order valence-corrected chi connectivity index (χ3v) is 2.74. The lowest BCUT2D eigenvalue weighted by atomic mass is 10.1. The molecule has 0 radical (unpaired) electrons. The first-order valence-electron chi connectivity index (χ1n) is 4.67. The van der Waals surface area contributed by atoms with E-state index in [4.69, 9.17) is 0 Å². The van der Waals surface area contributed by atoms with Gasteiger partial charge in [-0.15, -0.1) is 0 Å². The molecule has 2 rings (SSSR count). The molecule has 1 aliphatic carbocycles. The molecule has 0 spiro atoms. The third-order valence-electron chi connectivity index (χ3n) is 2.74. The lowest BCUT2D eigenvalue weighted by Crippen LogP contribution is -2.37. The molecule has 1 fully saturated rings. The first kappa shape index (κ1) is 7.71. The summed E-state index contributed by atoms with van der Waals surface area (Å²) in [7, 11) is 0. The minimum atomic E-state index is 0.725. The van der Waals surface area contributed by atoms with Crippen LogP contribution in [0.1, 0.15) is 32.2 Å². The van der Waals surface area contributed by atoms with Gasteiger partial charge in [-0.25, -0.2) is 0 Å². The van der Waals surface area contributed by atoms with E-state index in [1.54, 1.807) is 0 Å². The van der Waals surface area contributed by atoms with Gasteiger partial charge in [0.05, 0.1) is 12.4 Å². The average Bonchev–Trinajstić information content (AvgIpc) is 2.54. The molecule has 1 saturated carbocycles. The van der Waals surface area contributed by atoms with Crippen LogP contribution in [0, 0.1) is 5.92 Å². The minimum absolute atomic E-state index is 0.725. The maximum atomic E-state index is 4.01. The molecule has 2 nitrogen and oxygen atoms in total. The molecule has 0 amide bonds. The molecule has 0 bridgehead atoms. The molecule has 64 valence electrons. The van der Waals surface area contributed by atoms with Crippen molar-refractivity contribution in [1.29, 1.82) is 0 Å². The van der Waals surface area contributed by atoms with Crippen LogP contribution in [0.4, 0.5) is 0 Å². The van der Waals surface area contributed by atoms with E-state index in [2.05, 4.69) is 28.9 Å². The van der Waals surface area contributed by atoms with Crippen LogP contribution < -0.4 is 4.57 Å². The van der Waals surface area contributed by atoms with Crippen molar-refractivity contribution in [1.82, 2.24) is 4.98 Å². The Kier molecular flexibility index (Phi) is 2.07. The summed E-state index contributed by atoms with van der Waals surface area (Å²) in [5, 5.41) is 0. The summed E-state index contributed by atoms with van der Waals surface area (Å²) in [5.41, 5.74) is 0. The van der Waals surface area contributed by atoms with Gasteiger partial charge in [-0.05, 0) is 12.3 Å². The van der Waals surface area contributed by atoms with Crippen molar-refractivity contribution in [2.45, 2.75) is 32.2 Å². The Balaban J connectivity index is 2.11. The number of rotatable bonds is 1. The van der Waals surface area contributed by atoms with Crippen LogP contribution in [-0.4, -0.2) is 4.98 Å². The van der Waals surface area contributed by atoms with E-state index in [0.29, 0.717) is 0 Å². The largest absolute Gasteiger partial charge is 0.252 e. The second kappa shape index (κ2) is 3.21. The zero-order chi connectivity index (χ0) is 8.39. The summed E-state index contributed by atoms with van der Waals surface area (Å²) in [5.74, 6) is 0.899. The molecule has 0 saturated heterocycles. The van der Waals surface area contributed by atoms with Crippen LogP contribution in [0.3, 0.4) is 0 Å². The minimum Gasteiger partial charge on any atom is -0.252 e. The lowest BCUT2D eigenvalue weighted by molar-refractivity contribution is -0.722. The Morgan fingerprint density at radius 1 is 1.25 bits per heavy atom. The van der Waals surface area contributed by atoms with E-state index in [1.807, 2.05) is 12.4 Å². The van der Waals surface area contributed by atoms with Gasteiger partial charge in [0.15, 0.2) is 18.4 Å². The first-order chi connectivity index (χ1) is 5.86. The van der Waals surface area contributed by atoms with Crippen LogP contribution >= 0.6 is 0 Å². The molecule has 1 aliphatic rings. The highest BCUT2D eigenvalue weighted by atomic mass is 15.0. The number of hydrogen-bond donors (Lipinski definition) is 0. The Hall–Kier alpha value is -0.920. The van der Waals surface area contributed by atoms with Crippen LogP contribution in [-0.2, 0) is 0 Å². The van der Waals surface area contributed by atoms with Gasteiger partial charge in [0.25, 0.3) is 0 Å². The standard InChI is InChI=1S/C10H15N2/c1-9-2-3-10(8-9)12-6-4-11-5-7-12/h4-7,9-10H,2-3,8H2,1H3/q+1. The predicted molar refractivity (Wildman–Crippen MR) is 46.5 cm³/mol. The van der Waals surface area contributed by atoms with E-state index >= 15 is 0 Å². The van der Waals surface area contributed by atoms with Crippen LogP contribution in [0.25, 0.3) is 0 Å². The third kappa shape index (κ3) is 1.47. The van der Waals surface area contributed by atoms with Gasteiger partial charge in [-0.1, -0.05) is 6.92 Å². The fraction of sp³-hybridized carbons (Fsp3) is 0.600. The topological polar surface area (TPSA) is 16.8 Å². The van der Waals surface area contributed by atoms with Crippen LogP contribution in [0.15, 0.2) is 24.8 Å². The SMILES string of the molecule is CC1CCC([n+]2ccncc2)C1. The average molecular weight is 163 g/mol. The molecule has 1 aromatic heterocycles. The smallest absolute Gasteiger partial charge is 0.187 e. The summed E-state index contributed by atoms with van der Waals surface area (Å²) in [6.07, 6.45) is 11.9. The van der Waals surface area contributed by atoms with Crippen molar-refractivity contribution in [3.63, 3.8) is 0 Å². The zero-order valence-electron chi connectivity index (χ0n) is 7.48. The van der Waals surface area contributed by atoms with Gasteiger partial charge >= 0.3 is 0 Å². The Morgan fingerprint density at radius 2 is 2.00 bits per heavy atom. The summed E-state index contributed by atoms with van der Waals surface area (Å²) >= 11 is 0. The predicted octanol–water partition coefficient (Wildman–Crippen LogP) is 1.73. The Morgan fingerprint density at radius 3 is 2.58 bits per heavy atom. The summed E-state index contributed by atoms with van der Waals surface area (Å²) < 4.78 is 2.29. The highest BCUT2D eigenvalue weighted by Crippen LogP contribution is 2.29. The highest BCUT2D eigenvalue weighted by molar-refractivity contribution is 4.71. The molecule has 1 aromatic rings. The molecule has 2 heteroatoms. The number of nitrogens with zero attached hydrogens (tertiary/aromatic N) is 2. The molecule has 12 heavy (non-hydrogen) atoms. The van der Waals surface area contributed by atoms with Gasteiger partial charge in [-0.3, -0.25) is 4.98 Å². The van der Waals surface area contributed by atoms with Gasteiger partial charge in [-0.2, -0.15) is 4.57 Å². The van der Waals surface area contributed by atoms with E-state index in [1.165, 1.54) is 19.3 Å². The van der Waals surface area contributed by atoms with Crippen molar-refractivity contribution in [3.8, 4) is 0 Å². The molecule has 0 N–H and O–H groups in total. The lowest BCUT2D eigenvalue weighted by Gasteiger charge is -2.02. The van der Waals surface area contributed by atoms with Crippen molar-refractivity contribution < 1.29 is 4.57 Å². The maximum absolute atomic E-state index is 4.01. The van der Waals surface area contributed by atoms with Crippen molar-refractivity contribution in [3.05, 3.63) is 24.8 Å². The highest BCUT2D eigenvalue weighted by Gasteiger charge is 2.27. The second-order valence-corrected chi connectivity index (χ2v) is 3.76. The normalized spacial score (nSPS) is 29.1. The molecular formula is C10H15N2+. The molecule has 2 unspecified atom stereocenters. The van der Waals surface area contributed by atoms with E-state index in [0.717, 1.165) is 12.0 Å². The van der Waals surface area contributed by atoms with Crippen molar-refractivity contribution >= 4 is 0 Å². The Labute approximate surface area is 73.3 Å². The Bertz CT molecular complexity index is 245. The fourth-order valence-corrected chi connectivity index (χ4v) is 2.02. The summed E-state index contributed by atoms with van der Waals surface area (Å²) in [6, 6.07) is 0.725. The van der Waals surface area contributed by atoms with E-state index < -0.39 is 0 Å². The van der Waals surface area contributed by atoms with Crippen molar-refractivity contribution in [2.75, 3.05) is 0 Å². The molecule has 0 aromatic carbocycles. The number of aromatic nitrogens is 2. The van der Waals surface area contributed by atoms with Gasteiger partial charge in [0, 0.05) is 12.8 Å². The van der Waals surface area contributed by atoms with Crippen molar-refractivity contribution in [2.24, 2.45) is 5.92 Å². The quantitative estimate of drug-likeness (QED) is 0.576.